The SMILES string of the molecule is O=S(=O)(c1cccnc1)N1CCC(COc2cc(-c3ccccc3)ncn2)CC1. The van der Waals surface area contributed by atoms with E-state index in [1.165, 1.54) is 16.8 Å². The van der Waals surface area contributed by atoms with Crippen molar-refractivity contribution >= 4 is 10.0 Å². The number of pyridine rings is 1. The molecule has 1 aliphatic heterocycles. The van der Waals surface area contributed by atoms with Crippen molar-refractivity contribution in [3.8, 4) is 17.1 Å². The molecule has 4 rings (SSSR count). The highest BCUT2D eigenvalue weighted by Crippen LogP contribution is 2.25. The Hall–Kier alpha value is -2.84. The molecule has 1 aromatic carbocycles. The minimum absolute atomic E-state index is 0.240. The molecule has 0 amide bonds. The first-order valence-electron chi connectivity index (χ1n) is 9.53. The van der Waals surface area contributed by atoms with Gasteiger partial charge in [-0.1, -0.05) is 30.3 Å². The summed E-state index contributed by atoms with van der Waals surface area (Å²) in [4.78, 5) is 12.7. The monoisotopic (exact) mass is 410 g/mol. The molecular formula is C21H22N4O3S. The second-order valence-corrected chi connectivity index (χ2v) is 8.89. The first-order chi connectivity index (χ1) is 14.1. The van der Waals surface area contributed by atoms with E-state index in [9.17, 15) is 8.42 Å². The summed E-state index contributed by atoms with van der Waals surface area (Å²) in [6.45, 7) is 1.46. The quantitative estimate of drug-likeness (QED) is 0.621. The third-order valence-electron chi connectivity index (χ3n) is 5.02. The molecule has 0 aliphatic carbocycles. The average Bonchev–Trinajstić information content (AvgIpc) is 2.79. The zero-order valence-electron chi connectivity index (χ0n) is 15.9. The second kappa shape index (κ2) is 8.67. The normalized spacial score (nSPS) is 15.9. The highest BCUT2D eigenvalue weighted by atomic mass is 32.2. The van der Waals surface area contributed by atoms with Crippen LogP contribution in [0, 0.1) is 5.92 Å². The van der Waals surface area contributed by atoms with Gasteiger partial charge in [0.1, 0.15) is 11.2 Å². The van der Waals surface area contributed by atoms with Crippen molar-refractivity contribution in [2.75, 3.05) is 19.7 Å². The number of hydrogen-bond donors (Lipinski definition) is 0. The maximum Gasteiger partial charge on any atom is 0.244 e. The fraction of sp³-hybridized carbons (Fsp3) is 0.286. The molecule has 0 bridgehead atoms. The summed E-state index contributed by atoms with van der Waals surface area (Å²) in [6, 6.07) is 14.9. The van der Waals surface area contributed by atoms with Crippen molar-refractivity contribution < 1.29 is 13.2 Å². The van der Waals surface area contributed by atoms with Crippen molar-refractivity contribution in [2.24, 2.45) is 5.92 Å². The molecule has 1 saturated heterocycles. The molecule has 150 valence electrons. The number of ether oxygens (including phenoxy) is 1. The first-order valence-corrected chi connectivity index (χ1v) is 11.0. The third-order valence-corrected chi connectivity index (χ3v) is 6.91. The number of sulfonamides is 1. The maximum absolute atomic E-state index is 12.7. The Morgan fingerprint density at radius 1 is 1.03 bits per heavy atom. The standard InChI is InChI=1S/C21H22N4O3S/c26-29(27,19-7-4-10-22-14-19)25-11-8-17(9-12-25)15-28-21-13-20(23-16-24-21)18-5-2-1-3-6-18/h1-7,10,13-14,16-17H,8-9,11-12,15H2. The van der Waals surface area contributed by atoms with Gasteiger partial charge in [-0.3, -0.25) is 4.98 Å². The number of piperidine rings is 1. The van der Waals surface area contributed by atoms with Gasteiger partial charge in [-0.05, 0) is 30.9 Å². The lowest BCUT2D eigenvalue weighted by atomic mass is 9.99. The highest BCUT2D eigenvalue weighted by Gasteiger charge is 2.29. The van der Waals surface area contributed by atoms with E-state index in [2.05, 4.69) is 15.0 Å². The van der Waals surface area contributed by atoms with Crippen molar-refractivity contribution in [3.05, 3.63) is 67.3 Å². The van der Waals surface area contributed by atoms with E-state index in [4.69, 9.17) is 4.74 Å². The lowest BCUT2D eigenvalue weighted by molar-refractivity contribution is 0.181. The number of benzene rings is 1. The van der Waals surface area contributed by atoms with Crippen LogP contribution < -0.4 is 4.74 Å². The van der Waals surface area contributed by atoms with E-state index in [0.717, 1.165) is 24.1 Å². The molecule has 0 unspecified atom stereocenters. The predicted molar refractivity (Wildman–Crippen MR) is 109 cm³/mol. The van der Waals surface area contributed by atoms with Crippen LogP contribution in [-0.2, 0) is 10.0 Å². The minimum Gasteiger partial charge on any atom is -0.477 e. The summed E-state index contributed by atoms with van der Waals surface area (Å²) in [5, 5.41) is 0. The third kappa shape index (κ3) is 4.60. The topological polar surface area (TPSA) is 85.3 Å². The summed E-state index contributed by atoms with van der Waals surface area (Å²) in [5.41, 5.74) is 1.82. The van der Waals surface area contributed by atoms with Crippen LogP contribution in [0.1, 0.15) is 12.8 Å². The van der Waals surface area contributed by atoms with Gasteiger partial charge in [-0.2, -0.15) is 4.31 Å². The Morgan fingerprint density at radius 3 is 2.55 bits per heavy atom. The molecule has 2 aromatic heterocycles. The van der Waals surface area contributed by atoms with Gasteiger partial charge in [0.25, 0.3) is 0 Å². The van der Waals surface area contributed by atoms with Crippen LogP contribution in [0.15, 0.2) is 72.1 Å². The minimum atomic E-state index is -3.48. The molecule has 1 aliphatic rings. The molecule has 0 radical (unpaired) electrons. The summed E-state index contributed by atoms with van der Waals surface area (Å²) in [6.07, 6.45) is 5.95. The number of hydrogen-bond acceptors (Lipinski definition) is 6. The molecule has 0 spiro atoms. The van der Waals surface area contributed by atoms with E-state index in [0.29, 0.717) is 25.6 Å². The van der Waals surface area contributed by atoms with Crippen molar-refractivity contribution in [1.82, 2.24) is 19.3 Å². The van der Waals surface area contributed by atoms with E-state index >= 15 is 0 Å². The van der Waals surface area contributed by atoms with Gasteiger partial charge >= 0.3 is 0 Å². The van der Waals surface area contributed by atoms with Crippen LogP contribution in [0.5, 0.6) is 5.88 Å². The summed E-state index contributed by atoms with van der Waals surface area (Å²) < 4.78 is 32.8. The van der Waals surface area contributed by atoms with E-state index in [-0.39, 0.29) is 10.8 Å². The predicted octanol–water partition coefficient (Wildman–Crippen LogP) is 3.02. The summed E-state index contributed by atoms with van der Waals surface area (Å²) in [7, 11) is -3.48. The van der Waals surface area contributed by atoms with Crippen LogP contribution in [0.4, 0.5) is 0 Å². The highest BCUT2D eigenvalue weighted by molar-refractivity contribution is 7.89. The van der Waals surface area contributed by atoms with Crippen molar-refractivity contribution in [3.63, 3.8) is 0 Å². The largest absolute Gasteiger partial charge is 0.477 e. The zero-order chi connectivity index (χ0) is 20.1. The summed E-state index contributed by atoms with van der Waals surface area (Å²) in [5.74, 6) is 0.815. The molecule has 0 saturated carbocycles. The number of nitrogens with zero attached hydrogens (tertiary/aromatic N) is 4. The fourth-order valence-corrected chi connectivity index (χ4v) is 4.79. The van der Waals surface area contributed by atoms with Gasteiger partial charge in [0.05, 0.1) is 12.3 Å². The Balaban J connectivity index is 1.33. The molecule has 3 aromatic rings. The maximum atomic E-state index is 12.7. The number of rotatable bonds is 6. The number of aromatic nitrogens is 3. The molecule has 8 heteroatoms. The van der Waals surface area contributed by atoms with Gasteiger partial charge < -0.3 is 4.74 Å². The van der Waals surface area contributed by atoms with Crippen molar-refractivity contribution in [2.45, 2.75) is 17.7 Å². The average molecular weight is 410 g/mol. The second-order valence-electron chi connectivity index (χ2n) is 6.95. The molecule has 29 heavy (non-hydrogen) atoms. The smallest absolute Gasteiger partial charge is 0.244 e. The lowest BCUT2D eigenvalue weighted by Crippen LogP contribution is -2.39. The lowest BCUT2D eigenvalue weighted by Gasteiger charge is -2.30. The van der Waals surface area contributed by atoms with Crippen LogP contribution in [0.25, 0.3) is 11.3 Å². The molecule has 0 N–H and O–H groups in total. The van der Waals surface area contributed by atoms with E-state index in [1.54, 1.807) is 18.3 Å². The van der Waals surface area contributed by atoms with Gasteiger partial charge in [0, 0.05) is 37.1 Å². The van der Waals surface area contributed by atoms with Crippen molar-refractivity contribution in [1.29, 1.82) is 0 Å². The Bertz CT molecular complexity index is 1040. The Morgan fingerprint density at radius 2 is 1.83 bits per heavy atom. The Kier molecular flexibility index (Phi) is 5.82. The van der Waals surface area contributed by atoms with Crippen LogP contribution in [-0.4, -0.2) is 47.4 Å². The first kappa shape index (κ1) is 19.5. The molecule has 3 heterocycles. The zero-order valence-corrected chi connectivity index (χ0v) is 16.7. The Labute approximate surface area is 170 Å². The molecular weight excluding hydrogens is 388 g/mol. The van der Waals surface area contributed by atoms with Gasteiger partial charge in [0.2, 0.25) is 15.9 Å². The van der Waals surface area contributed by atoms with E-state index < -0.39 is 10.0 Å². The molecule has 1 fully saturated rings. The van der Waals surface area contributed by atoms with Gasteiger partial charge in [-0.25, -0.2) is 18.4 Å². The molecule has 7 nitrogen and oxygen atoms in total. The van der Waals surface area contributed by atoms with Crippen LogP contribution >= 0.6 is 0 Å². The fourth-order valence-electron chi connectivity index (χ4n) is 3.35. The van der Waals surface area contributed by atoms with Crippen LogP contribution in [0.3, 0.4) is 0 Å². The summed E-state index contributed by atoms with van der Waals surface area (Å²) >= 11 is 0. The van der Waals surface area contributed by atoms with E-state index in [1.807, 2.05) is 36.4 Å². The molecule has 0 atom stereocenters. The van der Waals surface area contributed by atoms with Gasteiger partial charge in [-0.15, -0.1) is 0 Å². The van der Waals surface area contributed by atoms with Crippen LogP contribution in [0.2, 0.25) is 0 Å². The van der Waals surface area contributed by atoms with Gasteiger partial charge in [0.15, 0.2) is 0 Å².